The van der Waals surface area contributed by atoms with Gasteiger partial charge in [-0.3, -0.25) is 4.79 Å². The van der Waals surface area contributed by atoms with Crippen molar-refractivity contribution in [3.05, 3.63) is 0 Å². The van der Waals surface area contributed by atoms with E-state index in [0.717, 1.165) is 0 Å². The fourth-order valence-electron chi connectivity index (χ4n) is 1.24. The molecule has 0 saturated carbocycles. The molecule has 1 heterocycles. The van der Waals surface area contributed by atoms with Crippen LogP contribution in [0, 0.1) is 0 Å². The van der Waals surface area contributed by atoms with Gasteiger partial charge in [-0.25, -0.2) is 0 Å². The predicted octanol–water partition coefficient (Wildman–Crippen LogP) is 1.84. The van der Waals surface area contributed by atoms with Crippen molar-refractivity contribution >= 4 is 17.7 Å². The fourth-order valence-corrected chi connectivity index (χ4v) is 2.53. The quantitative estimate of drug-likeness (QED) is 0.597. The molecule has 0 N–H and O–H groups in total. The van der Waals surface area contributed by atoms with Crippen LogP contribution in [0.3, 0.4) is 0 Å². The van der Waals surface area contributed by atoms with Gasteiger partial charge in [-0.05, 0) is 18.6 Å². The molecule has 0 aliphatic carbocycles. The third-order valence-electron chi connectivity index (χ3n) is 1.90. The van der Waals surface area contributed by atoms with Crippen molar-refractivity contribution in [2.45, 2.75) is 30.9 Å². The number of esters is 1. The Kier molecular flexibility index (Phi) is 3.77. The lowest BCUT2D eigenvalue weighted by Gasteiger charge is -2.19. The van der Waals surface area contributed by atoms with Crippen LogP contribution >= 0.6 is 11.8 Å². The average Bonchev–Trinajstić information content (AvgIpc) is 2.06. The summed E-state index contributed by atoms with van der Waals surface area (Å²) in [5.41, 5.74) is 0. The van der Waals surface area contributed by atoms with Gasteiger partial charge in [-0.1, -0.05) is 6.42 Å². The first kappa shape index (κ1) is 8.91. The predicted molar refractivity (Wildman–Crippen MR) is 46.7 cm³/mol. The first-order valence-corrected chi connectivity index (χ1v) is 5.06. The number of thioether (sulfide) groups is 1. The molecule has 0 aromatic heterocycles. The molecule has 0 aromatic rings. The molecular weight excluding hydrogens is 160 g/mol. The second-order valence-corrected chi connectivity index (χ2v) is 4.18. The molecule has 0 bridgehead atoms. The summed E-state index contributed by atoms with van der Waals surface area (Å²) in [5.74, 6) is 1.14. The summed E-state index contributed by atoms with van der Waals surface area (Å²) in [6.07, 6.45) is 4.36. The van der Waals surface area contributed by atoms with Crippen LogP contribution in [0.2, 0.25) is 0 Å². The Morgan fingerprint density at radius 3 is 3.00 bits per heavy atom. The van der Waals surface area contributed by atoms with Crippen molar-refractivity contribution in [2.75, 3.05) is 12.9 Å². The summed E-state index contributed by atoms with van der Waals surface area (Å²) in [7, 11) is 1.45. The van der Waals surface area contributed by atoms with Crippen molar-refractivity contribution in [1.29, 1.82) is 0 Å². The molecule has 1 unspecified atom stereocenters. The molecule has 1 atom stereocenters. The lowest BCUT2D eigenvalue weighted by atomic mass is 10.1. The standard InChI is InChI=1S/C8H14O2S/c1-10-8(9)6-7-4-2-3-5-11-7/h7H,2-6H2,1H3. The molecule has 0 aromatic carbocycles. The fraction of sp³-hybridized carbons (Fsp3) is 0.875. The molecule has 1 fully saturated rings. The van der Waals surface area contributed by atoms with E-state index >= 15 is 0 Å². The molecule has 3 heteroatoms. The molecule has 11 heavy (non-hydrogen) atoms. The maximum absolute atomic E-state index is 10.8. The molecule has 0 spiro atoms. The van der Waals surface area contributed by atoms with Crippen molar-refractivity contribution in [3.63, 3.8) is 0 Å². The zero-order valence-corrected chi connectivity index (χ0v) is 7.65. The normalized spacial score (nSPS) is 24.6. The second-order valence-electron chi connectivity index (χ2n) is 2.77. The van der Waals surface area contributed by atoms with Gasteiger partial charge in [0.15, 0.2) is 0 Å². The highest BCUT2D eigenvalue weighted by molar-refractivity contribution is 7.99. The van der Waals surface area contributed by atoms with Crippen LogP contribution in [0.1, 0.15) is 25.7 Å². The van der Waals surface area contributed by atoms with E-state index in [1.54, 1.807) is 0 Å². The SMILES string of the molecule is COC(=O)CC1CCCCS1. The molecule has 1 saturated heterocycles. The average molecular weight is 174 g/mol. The summed E-state index contributed by atoms with van der Waals surface area (Å²) >= 11 is 1.91. The van der Waals surface area contributed by atoms with Gasteiger partial charge in [-0.2, -0.15) is 11.8 Å². The van der Waals surface area contributed by atoms with E-state index in [1.165, 1.54) is 32.1 Å². The van der Waals surface area contributed by atoms with Gasteiger partial charge in [-0.15, -0.1) is 0 Å². The van der Waals surface area contributed by atoms with Gasteiger partial charge in [0.05, 0.1) is 13.5 Å². The van der Waals surface area contributed by atoms with E-state index < -0.39 is 0 Å². The van der Waals surface area contributed by atoms with Crippen LogP contribution < -0.4 is 0 Å². The Balaban J connectivity index is 2.19. The molecule has 1 aliphatic rings. The molecule has 0 amide bonds. The van der Waals surface area contributed by atoms with Crippen LogP contribution in [0.25, 0.3) is 0 Å². The molecular formula is C8H14O2S. The maximum atomic E-state index is 10.8. The highest BCUT2D eigenvalue weighted by atomic mass is 32.2. The van der Waals surface area contributed by atoms with Crippen molar-refractivity contribution < 1.29 is 9.53 Å². The van der Waals surface area contributed by atoms with Gasteiger partial charge < -0.3 is 4.74 Å². The van der Waals surface area contributed by atoms with Crippen LogP contribution in [-0.2, 0) is 9.53 Å². The van der Waals surface area contributed by atoms with Crippen LogP contribution in [0.5, 0.6) is 0 Å². The largest absolute Gasteiger partial charge is 0.469 e. The summed E-state index contributed by atoms with van der Waals surface area (Å²) in [6.45, 7) is 0. The molecule has 0 radical (unpaired) electrons. The topological polar surface area (TPSA) is 26.3 Å². The first-order chi connectivity index (χ1) is 5.33. The smallest absolute Gasteiger partial charge is 0.306 e. The number of ether oxygens (including phenoxy) is 1. The number of rotatable bonds is 2. The van der Waals surface area contributed by atoms with Gasteiger partial charge in [0.25, 0.3) is 0 Å². The van der Waals surface area contributed by atoms with Crippen molar-refractivity contribution in [2.24, 2.45) is 0 Å². The van der Waals surface area contributed by atoms with E-state index in [0.29, 0.717) is 11.7 Å². The number of carbonyl (C=O) groups is 1. The zero-order chi connectivity index (χ0) is 8.10. The third kappa shape index (κ3) is 3.14. The minimum Gasteiger partial charge on any atom is -0.469 e. The van der Waals surface area contributed by atoms with Gasteiger partial charge in [0.2, 0.25) is 0 Å². The number of hydrogen-bond donors (Lipinski definition) is 0. The van der Waals surface area contributed by atoms with Crippen LogP contribution in [-0.4, -0.2) is 24.1 Å². The lowest BCUT2D eigenvalue weighted by Crippen LogP contribution is -2.15. The molecule has 1 aliphatic heterocycles. The maximum Gasteiger partial charge on any atom is 0.306 e. The van der Waals surface area contributed by atoms with Crippen molar-refractivity contribution in [3.8, 4) is 0 Å². The third-order valence-corrected chi connectivity index (χ3v) is 3.29. The van der Waals surface area contributed by atoms with E-state index in [2.05, 4.69) is 4.74 Å². The van der Waals surface area contributed by atoms with Crippen LogP contribution in [0.15, 0.2) is 0 Å². The van der Waals surface area contributed by atoms with E-state index in [4.69, 9.17) is 0 Å². The minimum absolute atomic E-state index is 0.0654. The number of hydrogen-bond acceptors (Lipinski definition) is 3. The van der Waals surface area contributed by atoms with Crippen LogP contribution in [0.4, 0.5) is 0 Å². The Morgan fingerprint density at radius 1 is 1.64 bits per heavy atom. The summed E-state index contributed by atoms with van der Waals surface area (Å²) in [4.78, 5) is 10.8. The molecule has 2 nitrogen and oxygen atoms in total. The Labute approximate surface area is 71.7 Å². The summed E-state index contributed by atoms with van der Waals surface area (Å²) in [6, 6.07) is 0. The molecule has 64 valence electrons. The Morgan fingerprint density at radius 2 is 2.45 bits per heavy atom. The lowest BCUT2D eigenvalue weighted by molar-refractivity contribution is -0.140. The van der Waals surface area contributed by atoms with Crippen molar-refractivity contribution in [1.82, 2.24) is 0 Å². The van der Waals surface area contributed by atoms with E-state index in [1.807, 2.05) is 11.8 Å². The molecule has 1 rings (SSSR count). The van der Waals surface area contributed by atoms with Gasteiger partial charge in [0.1, 0.15) is 0 Å². The number of carbonyl (C=O) groups excluding carboxylic acids is 1. The van der Waals surface area contributed by atoms with Gasteiger partial charge in [0, 0.05) is 5.25 Å². The van der Waals surface area contributed by atoms with Gasteiger partial charge >= 0.3 is 5.97 Å². The van der Waals surface area contributed by atoms with E-state index in [9.17, 15) is 4.79 Å². The minimum atomic E-state index is -0.0654. The highest BCUT2D eigenvalue weighted by Crippen LogP contribution is 2.27. The second kappa shape index (κ2) is 4.65. The Bertz CT molecular complexity index is 130. The Hall–Kier alpha value is -0.180. The number of methoxy groups -OCH3 is 1. The van der Waals surface area contributed by atoms with E-state index in [-0.39, 0.29) is 5.97 Å². The highest BCUT2D eigenvalue weighted by Gasteiger charge is 2.17. The monoisotopic (exact) mass is 174 g/mol. The zero-order valence-electron chi connectivity index (χ0n) is 6.84. The first-order valence-electron chi connectivity index (χ1n) is 4.01. The summed E-state index contributed by atoms with van der Waals surface area (Å²) < 4.78 is 4.60. The summed E-state index contributed by atoms with van der Waals surface area (Å²) in [5, 5.41) is 0.524.